The molecule has 1 fully saturated rings. The molecule has 3 heterocycles. The van der Waals surface area contributed by atoms with E-state index in [0.717, 1.165) is 53.8 Å². The Morgan fingerprint density at radius 3 is 2.89 bits per heavy atom. The Balaban J connectivity index is 1.84. The summed E-state index contributed by atoms with van der Waals surface area (Å²) in [6.45, 7) is 5.15. The molecular formula is C19H25N6O2+. The number of H-pyrrole nitrogens is 1. The highest BCUT2D eigenvalue weighted by Gasteiger charge is 2.35. The summed E-state index contributed by atoms with van der Waals surface area (Å²) >= 11 is 0. The number of nitrogens with zero attached hydrogens (tertiary/aromatic N) is 4. The van der Waals surface area contributed by atoms with Crippen LogP contribution in [0.25, 0.3) is 10.9 Å². The third-order valence-electron chi connectivity index (χ3n) is 5.32. The molecule has 1 saturated heterocycles. The Morgan fingerprint density at radius 2 is 2.11 bits per heavy atom. The summed E-state index contributed by atoms with van der Waals surface area (Å²) < 4.78 is 6.95. The molecule has 1 aliphatic rings. The van der Waals surface area contributed by atoms with Crippen molar-refractivity contribution >= 4 is 10.9 Å². The highest BCUT2D eigenvalue weighted by Crippen LogP contribution is 2.20. The van der Waals surface area contributed by atoms with E-state index >= 15 is 0 Å². The summed E-state index contributed by atoms with van der Waals surface area (Å²) in [5.74, 6) is 0.724. The molecule has 8 heteroatoms. The fraction of sp³-hybridized carbons (Fsp3) is 0.474. The molecule has 2 N–H and O–H groups in total. The van der Waals surface area contributed by atoms with E-state index in [2.05, 4.69) is 33.5 Å². The minimum atomic E-state index is -0.187. The summed E-state index contributed by atoms with van der Waals surface area (Å²) in [7, 11) is 1.66. The number of nitrogens with one attached hydrogen (secondary N) is 2. The van der Waals surface area contributed by atoms with E-state index in [1.54, 1.807) is 11.8 Å². The maximum absolute atomic E-state index is 13.0. The molecule has 142 valence electrons. The molecule has 4 rings (SSSR count). The highest BCUT2D eigenvalue weighted by atomic mass is 16.5. The normalized spacial score (nSPS) is 16.2. The van der Waals surface area contributed by atoms with Gasteiger partial charge in [0.05, 0.1) is 31.8 Å². The van der Waals surface area contributed by atoms with Gasteiger partial charge >= 0.3 is 0 Å². The Bertz CT molecular complexity index is 989. The summed E-state index contributed by atoms with van der Waals surface area (Å²) in [4.78, 5) is 17.3. The van der Waals surface area contributed by atoms with Crippen molar-refractivity contribution in [3.63, 3.8) is 0 Å². The minimum absolute atomic E-state index is 0.0722. The summed E-state index contributed by atoms with van der Waals surface area (Å²) in [6, 6.07) is 7.88. The van der Waals surface area contributed by atoms with E-state index in [1.807, 2.05) is 18.2 Å². The van der Waals surface area contributed by atoms with Crippen LogP contribution in [-0.2, 0) is 11.3 Å². The average molecular weight is 369 g/mol. The number of pyridine rings is 1. The molecule has 0 bridgehead atoms. The first-order valence-corrected chi connectivity index (χ1v) is 9.40. The van der Waals surface area contributed by atoms with Gasteiger partial charge in [-0.05, 0) is 40.9 Å². The Hall–Kier alpha value is -2.58. The number of aromatic nitrogens is 5. The number of aromatic amines is 1. The van der Waals surface area contributed by atoms with Crippen LogP contribution < -0.4 is 10.5 Å². The molecule has 0 radical (unpaired) electrons. The third kappa shape index (κ3) is 3.50. The van der Waals surface area contributed by atoms with Gasteiger partial charge in [-0.3, -0.25) is 4.79 Å². The second-order valence-corrected chi connectivity index (χ2v) is 7.20. The Kier molecular flexibility index (Phi) is 5.00. The zero-order valence-electron chi connectivity index (χ0n) is 15.7. The molecular weight excluding hydrogens is 344 g/mol. The lowest BCUT2D eigenvalue weighted by Gasteiger charge is -2.23. The lowest BCUT2D eigenvalue weighted by molar-refractivity contribution is -0.914. The van der Waals surface area contributed by atoms with Gasteiger partial charge in [-0.25, -0.2) is 4.68 Å². The number of hydrogen-bond acceptors (Lipinski definition) is 5. The van der Waals surface area contributed by atoms with Crippen LogP contribution >= 0.6 is 0 Å². The number of ether oxygens (including phenoxy) is 1. The van der Waals surface area contributed by atoms with Gasteiger partial charge in [0.2, 0.25) is 5.82 Å². The minimum Gasteiger partial charge on any atom is -0.383 e. The molecule has 0 spiro atoms. The van der Waals surface area contributed by atoms with Crippen LogP contribution in [0.4, 0.5) is 0 Å². The second kappa shape index (κ2) is 7.58. The number of hydrogen-bond donors (Lipinski definition) is 2. The second-order valence-electron chi connectivity index (χ2n) is 7.20. The van der Waals surface area contributed by atoms with Gasteiger partial charge < -0.3 is 14.6 Å². The number of methoxy groups -OCH3 is 1. The Labute approximate surface area is 157 Å². The number of likely N-dealkylation sites (tertiary alicyclic amines) is 1. The average Bonchev–Trinajstić information content (AvgIpc) is 3.34. The van der Waals surface area contributed by atoms with E-state index in [-0.39, 0.29) is 11.6 Å². The van der Waals surface area contributed by atoms with E-state index in [4.69, 9.17) is 4.74 Å². The standard InChI is InChI=1S/C19H24N6O2/c1-13-5-6-16-14(11-13)12-15(19(26)20-16)17(24-7-3-4-8-24)18-21-22-23-25(18)9-10-27-2/h5-6,11-12,17H,3-4,7-10H2,1-2H3,(H,20,26)/p+1/t17-/m1/s1. The van der Waals surface area contributed by atoms with E-state index in [9.17, 15) is 4.79 Å². The van der Waals surface area contributed by atoms with Gasteiger partial charge in [0.1, 0.15) is 0 Å². The number of benzene rings is 1. The van der Waals surface area contributed by atoms with Gasteiger partial charge in [0.15, 0.2) is 6.04 Å². The molecule has 0 aliphatic carbocycles. The van der Waals surface area contributed by atoms with Gasteiger partial charge in [-0.15, -0.1) is 5.10 Å². The van der Waals surface area contributed by atoms with Crippen LogP contribution in [0, 0.1) is 6.92 Å². The van der Waals surface area contributed by atoms with Gasteiger partial charge in [0, 0.05) is 25.5 Å². The monoisotopic (exact) mass is 369 g/mol. The summed E-state index contributed by atoms with van der Waals surface area (Å²) in [6.07, 6.45) is 2.30. The van der Waals surface area contributed by atoms with Crippen molar-refractivity contribution < 1.29 is 9.64 Å². The molecule has 1 aromatic carbocycles. The van der Waals surface area contributed by atoms with Crippen molar-refractivity contribution in [2.24, 2.45) is 0 Å². The molecule has 8 nitrogen and oxygen atoms in total. The summed E-state index contributed by atoms with van der Waals surface area (Å²) in [5, 5.41) is 13.3. The number of fused-ring (bicyclic) bond motifs is 1. The van der Waals surface area contributed by atoms with Crippen LogP contribution in [0.15, 0.2) is 29.1 Å². The van der Waals surface area contributed by atoms with Crippen molar-refractivity contribution in [2.45, 2.75) is 32.4 Å². The van der Waals surface area contributed by atoms with Crippen molar-refractivity contribution in [2.75, 3.05) is 26.8 Å². The molecule has 27 heavy (non-hydrogen) atoms. The maximum atomic E-state index is 13.0. The topological polar surface area (TPSA) is 90.1 Å². The predicted molar refractivity (Wildman–Crippen MR) is 101 cm³/mol. The van der Waals surface area contributed by atoms with E-state index in [0.29, 0.717) is 13.2 Å². The van der Waals surface area contributed by atoms with Crippen molar-refractivity contribution in [1.82, 2.24) is 25.2 Å². The predicted octanol–water partition coefficient (Wildman–Crippen LogP) is 0.238. The van der Waals surface area contributed by atoms with Gasteiger partial charge in [-0.2, -0.15) is 0 Å². The Morgan fingerprint density at radius 1 is 1.30 bits per heavy atom. The maximum Gasteiger partial charge on any atom is 0.258 e. The van der Waals surface area contributed by atoms with Crippen LogP contribution in [0.2, 0.25) is 0 Å². The fourth-order valence-corrected chi connectivity index (χ4v) is 3.97. The first-order valence-electron chi connectivity index (χ1n) is 9.40. The first kappa shape index (κ1) is 17.8. The zero-order valence-corrected chi connectivity index (χ0v) is 15.7. The van der Waals surface area contributed by atoms with Gasteiger partial charge in [0.25, 0.3) is 5.56 Å². The van der Waals surface area contributed by atoms with E-state index in [1.165, 1.54) is 4.90 Å². The van der Waals surface area contributed by atoms with E-state index < -0.39 is 0 Å². The fourth-order valence-electron chi connectivity index (χ4n) is 3.97. The molecule has 0 unspecified atom stereocenters. The lowest BCUT2D eigenvalue weighted by atomic mass is 10.0. The highest BCUT2D eigenvalue weighted by molar-refractivity contribution is 5.79. The molecule has 0 amide bonds. The smallest absolute Gasteiger partial charge is 0.258 e. The molecule has 1 atom stereocenters. The van der Waals surface area contributed by atoms with Crippen LogP contribution in [0.1, 0.15) is 35.8 Å². The number of rotatable bonds is 6. The van der Waals surface area contributed by atoms with Gasteiger partial charge in [-0.1, -0.05) is 11.6 Å². The molecule has 1 aliphatic heterocycles. The molecule has 3 aromatic rings. The number of tetrazole rings is 1. The van der Waals surface area contributed by atoms with Crippen molar-refractivity contribution in [1.29, 1.82) is 0 Å². The number of aryl methyl sites for hydroxylation is 1. The quantitative estimate of drug-likeness (QED) is 0.650. The number of quaternary nitrogens is 1. The zero-order chi connectivity index (χ0) is 18.8. The molecule has 2 aromatic heterocycles. The van der Waals surface area contributed by atoms with Crippen LogP contribution in [0.5, 0.6) is 0 Å². The first-order chi connectivity index (χ1) is 13.2. The SMILES string of the molecule is COCCn1nnnc1[C@@H](c1cc2cc(C)ccc2[nH]c1=O)[NH+]1CCCC1. The van der Waals surface area contributed by atoms with Crippen LogP contribution in [0.3, 0.4) is 0 Å². The van der Waals surface area contributed by atoms with Crippen LogP contribution in [-0.4, -0.2) is 52.0 Å². The van der Waals surface area contributed by atoms with Crippen molar-refractivity contribution in [3.8, 4) is 0 Å². The lowest BCUT2D eigenvalue weighted by Crippen LogP contribution is -3.10. The third-order valence-corrected chi connectivity index (χ3v) is 5.32. The largest absolute Gasteiger partial charge is 0.383 e. The molecule has 0 saturated carbocycles. The van der Waals surface area contributed by atoms with Crippen molar-refractivity contribution in [3.05, 3.63) is 51.6 Å². The summed E-state index contributed by atoms with van der Waals surface area (Å²) in [5.41, 5.74) is 2.66.